The van der Waals surface area contributed by atoms with Crippen LogP contribution in [0.5, 0.6) is 0 Å². The third-order valence-electron chi connectivity index (χ3n) is 2.60. The first-order valence-corrected chi connectivity index (χ1v) is 6.13. The third kappa shape index (κ3) is 1.77. The molecule has 0 saturated carbocycles. The second-order valence-electron chi connectivity index (χ2n) is 3.42. The Balaban J connectivity index is 2.15. The molecule has 76 valence electrons. The first-order chi connectivity index (χ1) is 6.83. The Bertz CT molecular complexity index is 308. The van der Waals surface area contributed by atoms with E-state index in [1.807, 2.05) is 18.4 Å². The van der Waals surface area contributed by atoms with E-state index in [2.05, 4.69) is 27.7 Å². The van der Waals surface area contributed by atoms with Crippen molar-refractivity contribution in [1.82, 2.24) is 10.2 Å². The van der Waals surface area contributed by atoms with Crippen molar-refractivity contribution >= 4 is 28.7 Å². The molecule has 2 rings (SSSR count). The molecule has 1 N–H and O–H groups in total. The average Bonchev–Trinajstić information content (AvgIpc) is 2.85. The highest BCUT2D eigenvalue weighted by atomic mass is 32.1. The van der Waals surface area contributed by atoms with Crippen LogP contribution in [0.3, 0.4) is 0 Å². The van der Waals surface area contributed by atoms with E-state index < -0.39 is 0 Å². The van der Waals surface area contributed by atoms with E-state index in [0.29, 0.717) is 6.04 Å². The van der Waals surface area contributed by atoms with Crippen molar-refractivity contribution in [3.63, 3.8) is 0 Å². The Kier molecular flexibility index (Phi) is 3.03. The molecule has 0 radical (unpaired) electrons. The minimum atomic E-state index is 0.509. The maximum Gasteiger partial charge on any atom is 0.169 e. The van der Waals surface area contributed by atoms with Crippen LogP contribution in [0.15, 0.2) is 17.5 Å². The summed E-state index contributed by atoms with van der Waals surface area (Å²) >= 11 is 7.11. The summed E-state index contributed by atoms with van der Waals surface area (Å²) in [6.45, 7) is 1.09. The zero-order valence-electron chi connectivity index (χ0n) is 8.19. The van der Waals surface area contributed by atoms with Crippen LogP contribution in [0.1, 0.15) is 23.8 Å². The molecule has 1 fully saturated rings. The van der Waals surface area contributed by atoms with E-state index in [0.717, 1.165) is 11.7 Å². The van der Waals surface area contributed by atoms with Crippen molar-refractivity contribution in [2.75, 3.05) is 13.6 Å². The summed E-state index contributed by atoms with van der Waals surface area (Å²) in [6.07, 6.45) is 2.46. The van der Waals surface area contributed by atoms with Gasteiger partial charge in [-0.1, -0.05) is 6.07 Å². The van der Waals surface area contributed by atoms with Crippen molar-refractivity contribution in [2.45, 2.75) is 18.9 Å². The van der Waals surface area contributed by atoms with Crippen molar-refractivity contribution in [3.8, 4) is 0 Å². The highest BCUT2D eigenvalue weighted by Crippen LogP contribution is 2.34. The number of thiophene rings is 1. The van der Waals surface area contributed by atoms with Gasteiger partial charge in [0.05, 0.1) is 6.04 Å². The largest absolute Gasteiger partial charge is 0.366 e. The summed E-state index contributed by atoms with van der Waals surface area (Å²) in [5, 5.41) is 6.07. The molecule has 1 aliphatic rings. The Hall–Kier alpha value is -0.610. The molecule has 1 aliphatic heterocycles. The highest BCUT2D eigenvalue weighted by molar-refractivity contribution is 7.80. The first kappa shape index (κ1) is 9.93. The summed E-state index contributed by atoms with van der Waals surface area (Å²) in [5.74, 6) is 0. The fourth-order valence-corrected chi connectivity index (χ4v) is 3.02. The van der Waals surface area contributed by atoms with E-state index in [1.54, 1.807) is 0 Å². The summed E-state index contributed by atoms with van der Waals surface area (Å²) < 4.78 is 0. The van der Waals surface area contributed by atoms with Crippen LogP contribution in [-0.4, -0.2) is 23.6 Å². The van der Waals surface area contributed by atoms with Gasteiger partial charge in [-0.2, -0.15) is 0 Å². The van der Waals surface area contributed by atoms with E-state index in [9.17, 15) is 0 Å². The molecule has 1 aromatic heterocycles. The van der Waals surface area contributed by atoms with Gasteiger partial charge >= 0.3 is 0 Å². The molecular weight excluding hydrogens is 212 g/mol. The van der Waals surface area contributed by atoms with Crippen LogP contribution in [0, 0.1) is 0 Å². The molecule has 1 aromatic rings. The number of hydrogen-bond acceptors (Lipinski definition) is 2. The number of hydrogen-bond donors (Lipinski definition) is 1. The van der Waals surface area contributed by atoms with Gasteiger partial charge in [-0.25, -0.2) is 0 Å². The molecule has 1 saturated heterocycles. The minimum absolute atomic E-state index is 0.509. The van der Waals surface area contributed by atoms with Crippen molar-refractivity contribution in [3.05, 3.63) is 22.4 Å². The molecule has 0 amide bonds. The van der Waals surface area contributed by atoms with Crippen molar-refractivity contribution < 1.29 is 0 Å². The smallest absolute Gasteiger partial charge is 0.169 e. The van der Waals surface area contributed by atoms with Gasteiger partial charge in [0.25, 0.3) is 0 Å². The number of rotatable bonds is 1. The van der Waals surface area contributed by atoms with Gasteiger partial charge in [0.2, 0.25) is 0 Å². The predicted octanol–water partition coefficient (Wildman–Crippen LogP) is 2.39. The highest BCUT2D eigenvalue weighted by Gasteiger charge is 2.27. The van der Waals surface area contributed by atoms with Gasteiger partial charge in [-0.3, -0.25) is 0 Å². The lowest BCUT2D eigenvalue weighted by atomic mass is 10.2. The summed E-state index contributed by atoms with van der Waals surface area (Å²) in [5.41, 5.74) is 0. The van der Waals surface area contributed by atoms with Gasteiger partial charge in [-0.15, -0.1) is 11.3 Å². The second kappa shape index (κ2) is 4.28. The molecular formula is C10H14N2S2. The topological polar surface area (TPSA) is 15.3 Å². The predicted molar refractivity (Wildman–Crippen MR) is 64.7 cm³/mol. The molecule has 0 aromatic carbocycles. The molecule has 2 heterocycles. The quantitative estimate of drug-likeness (QED) is 0.740. The van der Waals surface area contributed by atoms with Crippen LogP contribution in [-0.2, 0) is 0 Å². The van der Waals surface area contributed by atoms with Crippen molar-refractivity contribution in [2.24, 2.45) is 0 Å². The van der Waals surface area contributed by atoms with Crippen molar-refractivity contribution in [1.29, 1.82) is 0 Å². The zero-order valence-corrected chi connectivity index (χ0v) is 9.83. The summed E-state index contributed by atoms with van der Waals surface area (Å²) in [4.78, 5) is 3.72. The van der Waals surface area contributed by atoms with Crippen LogP contribution < -0.4 is 5.32 Å². The zero-order chi connectivity index (χ0) is 9.97. The van der Waals surface area contributed by atoms with Crippen LogP contribution >= 0.6 is 23.6 Å². The first-order valence-electron chi connectivity index (χ1n) is 4.84. The fourth-order valence-electron chi connectivity index (χ4n) is 1.93. The monoisotopic (exact) mass is 226 g/mol. The number of likely N-dealkylation sites (tertiary alicyclic amines) is 1. The number of thiocarbonyl (C=S) groups is 1. The van der Waals surface area contributed by atoms with Gasteiger partial charge in [0.15, 0.2) is 5.11 Å². The minimum Gasteiger partial charge on any atom is -0.366 e. The van der Waals surface area contributed by atoms with Crippen LogP contribution in [0.2, 0.25) is 0 Å². The van der Waals surface area contributed by atoms with E-state index in [-0.39, 0.29) is 0 Å². The third-order valence-corrected chi connectivity index (χ3v) is 4.01. The fraction of sp³-hybridized carbons (Fsp3) is 0.500. The Morgan fingerprint density at radius 1 is 1.71 bits per heavy atom. The Morgan fingerprint density at radius 2 is 2.57 bits per heavy atom. The van der Waals surface area contributed by atoms with Gasteiger partial charge in [0.1, 0.15) is 0 Å². The number of nitrogens with one attached hydrogen (secondary N) is 1. The molecule has 1 atom stereocenters. The normalized spacial score (nSPS) is 21.2. The van der Waals surface area contributed by atoms with Gasteiger partial charge in [-0.05, 0) is 36.5 Å². The molecule has 14 heavy (non-hydrogen) atoms. The second-order valence-corrected chi connectivity index (χ2v) is 4.79. The summed E-state index contributed by atoms with van der Waals surface area (Å²) in [6, 6.07) is 4.82. The molecule has 2 nitrogen and oxygen atoms in total. The lowest BCUT2D eigenvalue weighted by Crippen LogP contribution is -2.36. The summed E-state index contributed by atoms with van der Waals surface area (Å²) in [7, 11) is 1.89. The van der Waals surface area contributed by atoms with E-state index in [4.69, 9.17) is 12.2 Å². The van der Waals surface area contributed by atoms with Crippen LogP contribution in [0.25, 0.3) is 0 Å². The maximum atomic E-state index is 5.29. The maximum absolute atomic E-state index is 5.29. The molecule has 0 unspecified atom stereocenters. The lowest BCUT2D eigenvalue weighted by Gasteiger charge is -2.25. The van der Waals surface area contributed by atoms with E-state index >= 15 is 0 Å². The van der Waals surface area contributed by atoms with Gasteiger partial charge in [0, 0.05) is 18.5 Å². The lowest BCUT2D eigenvalue weighted by molar-refractivity contribution is 0.402. The number of nitrogens with zero attached hydrogens (tertiary/aromatic N) is 1. The van der Waals surface area contributed by atoms with E-state index in [1.165, 1.54) is 17.7 Å². The Morgan fingerprint density at radius 3 is 3.21 bits per heavy atom. The van der Waals surface area contributed by atoms with Crippen LogP contribution in [0.4, 0.5) is 0 Å². The SMILES string of the molecule is CNC(=S)N1CCC[C@@H]1c1cccs1. The molecule has 4 heteroatoms. The standard InChI is InChI=1S/C10H14N2S2/c1-11-10(13)12-6-2-4-8(12)9-5-3-7-14-9/h3,5,7-8H,2,4,6H2,1H3,(H,11,13)/t8-/m1/s1. The molecule has 0 spiro atoms. The molecule has 0 aliphatic carbocycles. The molecule has 0 bridgehead atoms. The Labute approximate surface area is 93.9 Å². The van der Waals surface area contributed by atoms with Gasteiger partial charge < -0.3 is 10.2 Å². The average molecular weight is 226 g/mol.